The standard InChI is InChI=1S/C20H23ClN2O/c1-15-7-3-4-8-18(15)22-20(24)19(23-13-5-2-6-14-23)16-9-11-17(21)12-10-16/h3-4,7-12,19H,2,5-6,13-14H2,1H3,(H,22,24). The van der Waals surface area contributed by atoms with Crippen molar-refractivity contribution < 1.29 is 4.79 Å². The van der Waals surface area contributed by atoms with Crippen LogP contribution in [0.2, 0.25) is 5.02 Å². The molecule has 0 bridgehead atoms. The van der Waals surface area contributed by atoms with Gasteiger partial charge >= 0.3 is 0 Å². The number of halogens is 1. The summed E-state index contributed by atoms with van der Waals surface area (Å²) in [5, 5.41) is 3.80. The highest BCUT2D eigenvalue weighted by atomic mass is 35.5. The Hall–Kier alpha value is -1.84. The molecule has 0 radical (unpaired) electrons. The quantitative estimate of drug-likeness (QED) is 0.864. The number of nitrogens with zero attached hydrogens (tertiary/aromatic N) is 1. The number of rotatable bonds is 4. The first kappa shape index (κ1) is 17.0. The first-order chi connectivity index (χ1) is 11.6. The van der Waals surface area contributed by atoms with Gasteiger partial charge in [-0.25, -0.2) is 0 Å². The van der Waals surface area contributed by atoms with Crippen molar-refractivity contribution in [3.05, 3.63) is 64.7 Å². The van der Waals surface area contributed by atoms with E-state index in [2.05, 4.69) is 10.2 Å². The number of nitrogens with one attached hydrogen (secondary N) is 1. The van der Waals surface area contributed by atoms with E-state index >= 15 is 0 Å². The van der Waals surface area contributed by atoms with E-state index in [-0.39, 0.29) is 11.9 Å². The average molecular weight is 343 g/mol. The maximum atomic E-state index is 13.1. The van der Waals surface area contributed by atoms with Gasteiger partial charge in [0.15, 0.2) is 0 Å². The van der Waals surface area contributed by atoms with Gasteiger partial charge in [0.1, 0.15) is 6.04 Å². The largest absolute Gasteiger partial charge is 0.324 e. The molecule has 0 saturated carbocycles. The third kappa shape index (κ3) is 3.97. The molecule has 0 aliphatic carbocycles. The van der Waals surface area contributed by atoms with E-state index in [1.54, 1.807) is 0 Å². The number of carbonyl (C=O) groups excluding carboxylic acids is 1. The Morgan fingerprint density at radius 2 is 1.71 bits per heavy atom. The molecule has 3 nitrogen and oxygen atoms in total. The second-order valence-corrected chi connectivity index (χ2v) is 6.79. The molecule has 1 N–H and O–H groups in total. The predicted molar refractivity (Wildman–Crippen MR) is 99.4 cm³/mol. The summed E-state index contributed by atoms with van der Waals surface area (Å²) >= 11 is 6.02. The molecule has 1 fully saturated rings. The number of piperidine rings is 1. The number of amides is 1. The van der Waals surface area contributed by atoms with Crippen molar-refractivity contribution in [2.24, 2.45) is 0 Å². The molecule has 1 amide bonds. The van der Waals surface area contributed by atoms with Crippen molar-refractivity contribution in [3.63, 3.8) is 0 Å². The van der Waals surface area contributed by atoms with Gasteiger partial charge in [0.2, 0.25) is 5.91 Å². The third-order valence-corrected chi connectivity index (χ3v) is 4.84. The molecule has 1 aliphatic heterocycles. The lowest BCUT2D eigenvalue weighted by atomic mass is 10.0. The number of aryl methyl sites for hydroxylation is 1. The van der Waals surface area contributed by atoms with Crippen molar-refractivity contribution in [1.29, 1.82) is 0 Å². The van der Waals surface area contributed by atoms with E-state index in [9.17, 15) is 4.79 Å². The Kier molecular flexibility index (Phi) is 5.54. The monoisotopic (exact) mass is 342 g/mol. The van der Waals surface area contributed by atoms with Gasteiger partial charge in [0, 0.05) is 10.7 Å². The molecule has 1 heterocycles. The van der Waals surface area contributed by atoms with Crippen molar-refractivity contribution >= 4 is 23.2 Å². The summed E-state index contributed by atoms with van der Waals surface area (Å²) < 4.78 is 0. The lowest BCUT2D eigenvalue weighted by molar-refractivity contribution is -0.122. The molecule has 4 heteroatoms. The number of benzene rings is 2. The summed E-state index contributed by atoms with van der Waals surface area (Å²) in [6.45, 7) is 3.91. The second-order valence-electron chi connectivity index (χ2n) is 6.35. The van der Waals surface area contributed by atoms with Crippen LogP contribution in [0.5, 0.6) is 0 Å². The van der Waals surface area contributed by atoms with Gasteiger partial charge in [-0.05, 0) is 62.2 Å². The molecule has 126 valence electrons. The summed E-state index contributed by atoms with van der Waals surface area (Å²) in [5.41, 5.74) is 2.94. The molecule has 2 aromatic carbocycles. The molecular weight excluding hydrogens is 320 g/mol. The zero-order valence-electron chi connectivity index (χ0n) is 14.0. The molecule has 1 unspecified atom stereocenters. The van der Waals surface area contributed by atoms with E-state index in [0.717, 1.165) is 42.7 Å². The Labute approximate surface area is 148 Å². The van der Waals surface area contributed by atoms with Crippen molar-refractivity contribution in [1.82, 2.24) is 4.90 Å². The number of anilines is 1. The van der Waals surface area contributed by atoms with Gasteiger partial charge < -0.3 is 5.32 Å². The lowest BCUT2D eigenvalue weighted by Gasteiger charge is -2.34. The Balaban J connectivity index is 1.87. The highest BCUT2D eigenvalue weighted by Crippen LogP contribution is 2.28. The van der Waals surface area contributed by atoms with Gasteiger partial charge in [-0.2, -0.15) is 0 Å². The minimum Gasteiger partial charge on any atom is -0.324 e. The first-order valence-electron chi connectivity index (χ1n) is 8.51. The molecule has 24 heavy (non-hydrogen) atoms. The Morgan fingerprint density at radius 1 is 1.04 bits per heavy atom. The van der Waals surface area contributed by atoms with Crippen molar-refractivity contribution in [3.8, 4) is 0 Å². The van der Waals surface area contributed by atoms with Crippen LogP contribution in [0.1, 0.15) is 36.4 Å². The summed E-state index contributed by atoms with van der Waals surface area (Å²) in [4.78, 5) is 15.3. The number of para-hydroxylation sites is 1. The van der Waals surface area contributed by atoms with Crippen LogP contribution in [0.4, 0.5) is 5.69 Å². The van der Waals surface area contributed by atoms with Crippen LogP contribution in [0.25, 0.3) is 0 Å². The van der Waals surface area contributed by atoms with E-state index in [4.69, 9.17) is 11.6 Å². The SMILES string of the molecule is Cc1ccccc1NC(=O)C(c1ccc(Cl)cc1)N1CCCCC1. The van der Waals surface area contributed by atoms with Gasteiger partial charge in [-0.1, -0.05) is 48.4 Å². The van der Waals surface area contributed by atoms with Crippen LogP contribution in [-0.4, -0.2) is 23.9 Å². The summed E-state index contributed by atoms with van der Waals surface area (Å²) in [6.07, 6.45) is 3.52. The zero-order chi connectivity index (χ0) is 16.9. The van der Waals surface area contributed by atoms with E-state index in [1.807, 2.05) is 55.5 Å². The second kappa shape index (κ2) is 7.82. The lowest BCUT2D eigenvalue weighted by Crippen LogP contribution is -2.40. The zero-order valence-corrected chi connectivity index (χ0v) is 14.7. The number of likely N-dealkylation sites (tertiary alicyclic amines) is 1. The minimum absolute atomic E-state index is 0.0218. The van der Waals surface area contributed by atoms with Crippen LogP contribution in [0.15, 0.2) is 48.5 Å². The number of hydrogen-bond acceptors (Lipinski definition) is 2. The number of hydrogen-bond donors (Lipinski definition) is 1. The summed E-state index contributed by atoms with van der Waals surface area (Å²) in [7, 11) is 0. The Bertz CT molecular complexity index is 693. The third-order valence-electron chi connectivity index (χ3n) is 4.59. The molecule has 1 atom stereocenters. The van der Waals surface area contributed by atoms with E-state index in [1.165, 1.54) is 6.42 Å². The normalized spacial score (nSPS) is 16.6. The van der Waals surface area contributed by atoms with Gasteiger partial charge in [-0.15, -0.1) is 0 Å². The van der Waals surface area contributed by atoms with Crippen molar-refractivity contribution in [2.75, 3.05) is 18.4 Å². The number of carbonyl (C=O) groups is 1. The molecule has 1 saturated heterocycles. The summed E-state index contributed by atoms with van der Waals surface area (Å²) in [5.74, 6) is 0.0218. The fourth-order valence-electron chi connectivity index (χ4n) is 3.26. The molecule has 0 spiro atoms. The van der Waals surface area contributed by atoms with Gasteiger partial charge in [0.25, 0.3) is 0 Å². The maximum absolute atomic E-state index is 13.1. The van der Waals surface area contributed by atoms with Crippen LogP contribution >= 0.6 is 11.6 Å². The molecule has 2 aromatic rings. The average Bonchev–Trinajstić information content (AvgIpc) is 2.60. The molecule has 1 aliphatic rings. The topological polar surface area (TPSA) is 32.3 Å². The highest BCUT2D eigenvalue weighted by Gasteiger charge is 2.29. The molecule has 0 aromatic heterocycles. The van der Waals surface area contributed by atoms with E-state index < -0.39 is 0 Å². The smallest absolute Gasteiger partial charge is 0.246 e. The van der Waals surface area contributed by atoms with Crippen LogP contribution < -0.4 is 5.32 Å². The fourth-order valence-corrected chi connectivity index (χ4v) is 3.39. The van der Waals surface area contributed by atoms with Gasteiger partial charge in [-0.3, -0.25) is 9.69 Å². The summed E-state index contributed by atoms with van der Waals surface area (Å²) in [6, 6.07) is 15.2. The van der Waals surface area contributed by atoms with Crippen LogP contribution in [-0.2, 0) is 4.79 Å². The predicted octanol–water partition coefficient (Wildman–Crippen LogP) is 4.81. The minimum atomic E-state index is -0.276. The first-order valence-corrected chi connectivity index (χ1v) is 8.89. The van der Waals surface area contributed by atoms with Crippen LogP contribution in [0.3, 0.4) is 0 Å². The van der Waals surface area contributed by atoms with E-state index in [0.29, 0.717) is 5.02 Å². The fraction of sp³-hybridized carbons (Fsp3) is 0.350. The highest BCUT2D eigenvalue weighted by molar-refractivity contribution is 6.30. The molecule has 3 rings (SSSR count). The molecular formula is C20H23ClN2O. The van der Waals surface area contributed by atoms with Crippen molar-refractivity contribution in [2.45, 2.75) is 32.2 Å². The Morgan fingerprint density at radius 3 is 2.38 bits per heavy atom. The van der Waals surface area contributed by atoms with Gasteiger partial charge in [0.05, 0.1) is 0 Å². The van der Waals surface area contributed by atoms with Crippen LogP contribution in [0, 0.1) is 6.92 Å². The maximum Gasteiger partial charge on any atom is 0.246 e.